The molecular weight excluding hydrogens is 316 g/mol. The van der Waals surface area contributed by atoms with Crippen LogP contribution < -0.4 is 16.2 Å². The van der Waals surface area contributed by atoms with E-state index in [0.29, 0.717) is 12.1 Å². The molecule has 1 aliphatic rings. The van der Waals surface area contributed by atoms with E-state index in [9.17, 15) is 9.59 Å². The van der Waals surface area contributed by atoms with Gasteiger partial charge in [-0.1, -0.05) is 23.7 Å². The highest BCUT2D eigenvalue weighted by atomic mass is 35.5. The van der Waals surface area contributed by atoms with Crippen LogP contribution in [0.2, 0.25) is 5.02 Å². The Morgan fingerprint density at radius 1 is 1.35 bits per heavy atom. The van der Waals surface area contributed by atoms with Crippen LogP contribution in [-0.4, -0.2) is 15.7 Å². The lowest BCUT2D eigenvalue weighted by Crippen LogP contribution is -2.22. The molecule has 2 aromatic rings. The summed E-state index contributed by atoms with van der Waals surface area (Å²) in [5.74, 6) is 0.0504. The molecule has 0 bridgehead atoms. The fraction of sp³-hybridized carbons (Fsp3) is 0.312. The first kappa shape index (κ1) is 15.6. The van der Waals surface area contributed by atoms with Gasteiger partial charge in [0.1, 0.15) is 5.02 Å². The van der Waals surface area contributed by atoms with Crippen molar-refractivity contribution in [2.24, 2.45) is 7.05 Å². The van der Waals surface area contributed by atoms with E-state index in [1.54, 1.807) is 13.2 Å². The van der Waals surface area contributed by atoms with Crippen LogP contribution in [0.3, 0.4) is 0 Å². The Balaban J connectivity index is 1.84. The van der Waals surface area contributed by atoms with E-state index < -0.39 is 0 Å². The van der Waals surface area contributed by atoms with E-state index in [1.807, 2.05) is 19.1 Å². The SMILES string of the molecule is C[C@H](Nc1cnn(C)c(=O)c1Cl)c1ccc2c(c1)CCC(=O)N2. The van der Waals surface area contributed by atoms with Gasteiger partial charge in [-0.2, -0.15) is 5.10 Å². The Bertz CT molecular complexity index is 831. The van der Waals surface area contributed by atoms with Gasteiger partial charge in [0, 0.05) is 25.2 Å². The number of aryl methyl sites for hydroxylation is 2. The quantitative estimate of drug-likeness (QED) is 0.905. The van der Waals surface area contributed by atoms with Gasteiger partial charge < -0.3 is 10.6 Å². The number of aromatic nitrogens is 2. The molecule has 1 amide bonds. The van der Waals surface area contributed by atoms with E-state index >= 15 is 0 Å². The van der Waals surface area contributed by atoms with E-state index in [-0.39, 0.29) is 22.5 Å². The van der Waals surface area contributed by atoms with Crippen LogP contribution in [0.15, 0.2) is 29.2 Å². The van der Waals surface area contributed by atoms with Crippen LogP contribution in [0.25, 0.3) is 0 Å². The van der Waals surface area contributed by atoms with Gasteiger partial charge in [-0.25, -0.2) is 4.68 Å². The van der Waals surface area contributed by atoms with Gasteiger partial charge >= 0.3 is 0 Å². The Morgan fingerprint density at radius 3 is 2.91 bits per heavy atom. The summed E-state index contributed by atoms with van der Waals surface area (Å²) in [6.45, 7) is 1.98. The third kappa shape index (κ3) is 3.07. The number of anilines is 2. The van der Waals surface area contributed by atoms with Crippen molar-refractivity contribution in [2.75, 3.05) is 10.6 Å². The van der Waals surface area contributed by atoms with E-state index in [4.69, 9.17) is 11.6 Å². The molecule has 0 unspecified atom stereocenters. The number of fused-ring (bicyclic) bond motifs is 1. The van der Waals surface area contributed by atoms with Gasteiger partial charge in [-0.15, -0.1) is 0 Å². The number of benzene rings is 1. The van der Waals surface area contributed by atoms with Crippen molar-refractivity contribution in [3.8, 4) is 0 Å². The van der Waals surface area contributed by atoms with Crippen molar-refractivity contribution >= 4 is 28.9 Å². The summed E-state index contributed by atoms with van der Waals surface area (Å²) < 4.78 is 1.19. The Hall–Kier alpha value is -2.34. The van der Waals surface area contributed by atoms with Crippen LogP contribution in [0.5, 0.6) is 0 Å². The molecule has 6 nitrogen and oxygen atoms in total. The third-order valence-electron chi connectivity index (χ3n) is 3.97. The molecule has 0 saturated carbocycles. The smallest absolute Gasteiger partial charge is 0.287 e. The normalized spacial score (nSPS) is 14.8. The number of rotatable bonds is 3. The van der Waals surface area contributed by atoms with E-state index in [0.717, 1.165) is 23.2 Å². The van der Waals surface area contributed by atoms with E-state index in [2.05, 4.69) is 21.8 Å². The van der Waals surface area contributed by atoms with Crippen molar-refractivity contribution in [3.05, 3.63) is 50.9 Å². The molecule has 1 aliphatic heterocycles. The molecule has 120 valence electrons. The molecule has 0 fully saturated rings. The highest BCUT2D eigenvalue weighted by Crippen LogP contribution is 2.28. The predicted molar refractivity (Wildman–Crippen MR) is 89.9 cm³/mol. The molecule has 2 heterocycles. The molecule has 1 aromatic heterocycles. The molecular formula is C16H17ClN4O2. The van der Waals surface area contributed by atoms with Crippen LogP contribution >= 0.6 is 11.6 Å². The number of carbonyl (C=O) groups excluding carboxylic acids is 1. The summed E-state index contributed by atoms with van der Waals surface area (Å²) in [6.07, 6.45) is 2.78. The average molecular weight is 333 g/mol. The van der Waals surface area contributed by atoms with Crippen LogP contribution in [-0.2, 0) is 18.3 Å². The Morgan fingerprint density at radius 2 is 2.13 bits per heavy atom. The number of hydrogen-bond acceptors (Lipinski definition) is 4. The number of carbonyl (C=O) groups is 1. The summed E-state index contributed by atoms with van der Waals surface area (Å²) >= 11 is 6.08. The van der Waals surface area contributed by atoms with Crippen molar-refractivity contribution in [3.63, 3.8) is 0 Å². The lowest BCUT2D eigenvalue weighted by Gasteiger charge is -2.21. The highest BCUT2D eigenvalue weighted by molar-refractivity contribution is 6.32. The molecule has 2 N–H and O–H groups in total. The maximum atomic E-state index is 11.8. The van der Waals surface area contributed by atoms with Gasteiger partial charge in [0.25, 0.3) is 5.56 Å². The van der Waals surface area contributed by atoms with Crippen LogP contribution in [0.4, 0.5) is 11.4 Å². The minimum absolute atomic E-state index is 0.0504. The number of nitrogens with zero attached hydrogens (tertiary/aromatic N) is 2. The molecule has 0 radical (unpaired) electrons. The predicted octanol–water partition coefficient (Wildman–Crippen LogP) is 2.49. The standard InChI is InChI=1S/C16H17ClN4O2/c1-9(19-13-8-18-21(2)16(23)15(13)17)10-3-5-12-11(7-10)4-6-14(22)20-12/h3,5,7-9,19H,4,6H2,1-2H3,(H,20,22)/t9-/m0/s1. The van der Waals surface area contributed by atoms with Gasteiger partial charge in [0.2, 0.25) is 5.91 Å². The summed E-state index contributed by atoms with van der Waals surface area (Å²) in [5, 5.41) is 10.2. The molecule has 0 aliphatic carbocycles. The fourth-order valence-corrected chi connectivity index (χ4v) is 2.83. The zero-order valence-corrected chi connectivity index (χ0v) is 13.6. The average Bonchev–Trinajstić information content (AvgIpc) is 2.54. The first-order valence-electron chi connectivity index (χ1n) is 7.36. The lowest BCUT2D eigenvalue weighted by molar-refractivity contribution is -0.116. The van der Waals surface area contributed by atoms with Crippen molar-refractivity contribution in [2.45, 2.75) is 25.8 Å². The maximum Gasteiger partial charge on any atom is 0.287 e. The molecule has 23 heavy (non-hydrogen) atoms. The third-order valence-corrected chi connectivity index (χ3v) is 4.34. The zero-order chi connectivity index (χ0) is 16.6. The number of nitrogens with one attached hydrogen (secondary N) is 2. The topological polar surface area (TPSA) is 76.0 Å². The van der Waals surface area contributed by atoms with Crippen LogP contribution in [0, 0.1) is 0 Å². The molecule has 0 saturated heterocycles. The summed E-state index contributed by atoms with van der Waals surface area (Å²) in [7, 11) is 1.55. The minimum atomic E-state index is -0.336. The van der Waals surface area contributed by atoms with Crippen molar-refractivity contribution in [1.82, 2.24) is 9.78 Å². The van der Waals surface area contributed by atoms with Crippen LogP contribution in [0.1, 0.15) is 30.5 Å². The largest absolute Gasteiger partial charge is 0.376 e. The van der Waals surface area contributed by atoms with E-state index in [1.165, 1.54) is 4.68 Å². The minimum Gasteiger partial charge on any atom is -0.376 e. The summed E-state index contributed by atoms with van der Waals surface area (Å²) in [6, 6.07) is 5.87. The molecule has 7 heteroatoms. The lowest BCUT2D eigenvalue weighted by atomic mass is 9.98. The number of hydrogen-bond donors (Lipinski definition) is 2. The highest BCUT2D eigenvalue weighted by Gasteiger charge is 2.17. The van der Waals surface area contributed by atoms with Gasteiger partial charge in [-0.05, 0) is 30.5 Å². The van der Waals surface area contributed by atoms with Crippen molar-refractivity contribution in [1.29, 1.82) is 0 Å². The fourth-order valence-electron chi connectivity index (χ4n) is 2.60. The number of amides is 1. The van der Waals surface area contributed by atoms with Gasteiger partial charge in [-0.3, -0.25) is 9.59 Å². The second-order valence-electron chi connectivity index (χ2n) is 5.63. The Labute approximate surface area is 138 Å². The second kappa shape index (κ2) is 6.04. The molecule has 0 spiro atoms. The monoisotopic (exact) mass is 332 g/mol. The first-order chi connectivity index (χ1) is 11.0. The summed E-state index contributed by atoms with van der Waals surface area (Å²) in [4.78, 5) is 23.2. The first-order valence-corrected chi connectivity index (χ1v) is 7.74. The van der Waals surface area contributed by atoms with Gasteiger partial charge in [0.15, 0.2) is 0 Å². The maximum absolute atomic E-state index is 11.8. The molecule has 1 atom stereocenters. The Kier molecular flexibility index (Phi) is 4.09. The second-order valence-corrected chi connectivity index (χ2v) is 6.01. The zero-order valence-electron chi connectivity index (χ0n) is 12.9. The van der Waals surface area contributed by atoms with Crippen molar-refractivity contribution < 1.29 is 4.79 Å². The molecule has 3 rings (SSSR count). The summed E-state index contributed by atoms with van der Waals surface area (Å²) in [5.41, 5.74) is 3.20. The number of halogens is 1. The van der Waals surface area contributed by atoms with Gasteiger partial charge in [0.05, 0.1) is 11.9 Å². The molecule has 1 aromatic carbocycles.